The summed E-state index contributed by atoms with van der Waals surface area (Å²) in [7, 11) is 0. The number of benzene rings is 1. The molecule has 11 heteroatoms. The van der Waals surface area contributed by atoms with Gasteiger partial charge in [0.25, 0.3) is 5.56 Å². The van der Waals surface area contributed by atoms with E-state index in [1.54, 1.807) is 19.3 Å². The number of nitrogens with zero attached hydrogens (tertiary/aromatic N) is 3. The van der Waals surface area contributed by atoms with Gasteiger partial charge in [0.2, 0.25) is 0 Å². The molecule has 10 nitrogen and oxygen atoms in total. The molecule has 0 saturated heterocycles. The number of hydrogen-bond acceptors (Lipinski definition) is 7. The average molecular weight is 553 g/mol. The van der Waals surface area contributed by atoms with E-state index < -0.39 is 28.9 Å². The lowest BCUT2D eigenvalue weighted by molar-refractivity contribution is -0.146. The van der Waals surface area contributed by atoms with Crippen LogP contribution < -0.4 is 11.2 Å². The molecule has 1 aliphatic rings. The van der Waals surface area contributed by atoms with Gasteiger partial charge in [-0.15, -0.1) is 11.3 Å². The highest BCUT2D eigenvalue weighted by Crippen LogP contribution is 2.36. The number of H-pyrrole nitrogens is 1. The van der Waals surface area contributed by atoms with E-state index in [0.29, 0.717) is 46.8 Å². The number of hydrogen-bond donors (Lipinski definition) is 3. The molecule has 1 atom stereocenters. The number of aromatic amines is 1. The number of aromatic nitrogens is 4. The first-order valence-corrected chi connectivity index (χ1v) is 13.8. The van der Waals surface area contributed by atoms with Crippen LogP contribution in [0.1, 0.15) is 56.8 Å². The zero-order chi connectivity index (χ0) is 27.9. The van der Waals surface area contributed by atoms with Gasteiger partial charge >= 0.3 is 11.7 Å². The first-order valence-electron chi connectivity index (χ1n) is 13.0. The van der Waals surface area contributed by atoms with Crippen LogP contribution in [0, 0.1) is 6.92 Å². The Balaban J connectivity index is 1.71. The van der Waals surface area contributed by atoms with Gasteiger partial charge in [0.15, 0.2) is 0 Å². The highest BCUT2D eigenvalue weighted by Gasteiger charge is 2.36. The van der Waals surface area contributed by atoms with Gasteiger partial charge in [-0.05, 0) is 57.6 Å². The van der Waals surface area contributed by atoms with E-state index in [1.165, 1.54) is 29.8 Å². The van der Waals surface area contributed by atoms with E-state index in [-0.39, 0.29) is 24.1 Å². The lowest BCUT2D eigenvalue weighted by Crippen LogP contribution is -2.52. The maximum Gasteiger partial charge on any atom is 0.333 e. The lowest BCUT2D eigenvalue weighted by atomic mass is 9.95. The summed E-state index contributed by atoms with van der Waals surface area (Å²) in [5, 5.41) is 20.2. The molecular formula is C28H32N4O6S. The number of aliphatic hydroxyl groups is 1. The third-order valence-electron chi connectivity index (χ3n) is 7.53. The number of aliphatic carboxylic acids is 1. The predicted molar refractivity (Wildman–Crippen MR) is 148 cm³/mol. The Kier molecular flexibility index (Phi) is 7.32. The molecule has 1 aromatic carbocycles. The molecule has 1 saturated carbocycles. The summed E-state index contributed by atoms with van der Waals surface area (Å²) >= 11 is 1.27. The van der Waals surface area contributed by atoms with E-state index >= 15 is 0 Å². The summed E-state index contributed by atoms with van der Waals surface area (Å²) in [6, 6.07) is 9.54. The van der Waals surface area contributed by atoms with Crippen LogP contribution in [0.25, 0.3) is 20.9 Å². The van der Waals surface area contributed by atoms with Crippen molar-refractivity contribution in [3.05, 3.63) is 74.7 Å². The fourth-order valence-electron chi connectivity index (χ4n) is 5.19. The third kappa shape index (κ3) is 4.97. The molecule has 0 bridgehead atoms. The van der Waals surface area contributed by atoms with Gasteiger partial charge in [0.1, 0.15) is 22.3 Å². The Hall–Kier alpha value is -3.54. The minimum Gasteiger partial charge on any atom is -0.480 e. The molecule has 1 aliphatic carbocycles. The van der Waals surface area contributed by atoms with Crippen molar-refractivity contribution in [3.8, 4) is 10.7 Å². The molecule has 39 heavy (non-hydrogen) atoms. The first kappa shape index (κ1) is 27.0. The van der Waals surface area contributed by atoms with Gasteiger partial charge < -0.3 is 19.9 Å². The van der Waals surface area contributed by atoms with Crippen LogP contribution in [0.5, 0.6) is 0 Å². The monoisotopic (exact) mass is 552 g/mol. The minimum absolute atomic E-state index is 0.0753. The Morgan fingerprint density at radius 2 is 1.90 bits per heavy atom. The Labute approximate surface area is 228 Å². The van der Waals surface area contributed by atoms with Crippen molar-refractivity contribution in [2.24, 2.45) is 0 Å². The van der Waals surface area contributed by atoms with Crippen molar-refractivity contribution in [2.75, 3.05) is 0 Å². The molecule has 5 rings (SSSR count). The maximum absolute atomic E-state index is 14.0. The standard InChI is InChI=1S/C28H32N4O6S/c1-16-21-24(34)32(28(2,3)26(35)36)27(37)31(25(21)39-22(16)23-29-13-14-30-23)15-20(17-7-5-4-6-8-17)38-19-11-9-18(33)10-12-19/h4-8,13-14,18-20,33H,9-12,15H2,1-3H3,(H,29,30)(H,35,36)/t18?,19?,20-/m0/s1. The van der Waals surface area contributed by atoms with Gasteiger partial charge in [-0.25, -0.2) is 19.1 Å². The van der Waals surface area contributed by atoms with Gasteiger partial charge in [0, 0.05) is 12.4 Å². The number of thiophene rings is 1. The second kappa shape index (κ2) is 10.6. The Bertz CT molecular complexity index is 1590. The summed E-state index contributed by atoms with van der Waals surface area (Å²) in [5.74, 6) is -0.726. The van der Waals surface area contributed by atoms with Crippen molar-refractivity contribution < 1.29 is 19.7 Å². The summed E-state index contributed by atoms with van der Waals surface area (Å²) in [6.45, 7) is 4.55. The van der Waals surface area contributed by atoms with Gasteiger partial charge in [0.05, 0.1) is 29.0 Å². The smallest absolute Gasteiger partial charge is 0.333 e. The molecule has 0 unspecified atom stereocenters. The van der Waals surface area contributed by atoms with E-state index in [4.69, 9.17) is 4.74 Å². The molecule has 3 N–H and O–H groups in total. The zero-order valence-corrected chi connectivity index (χ0v) is 22.9. The molecule has 4 aromatic rings. The minimum atomic E-state index is -1.79. The third-order valence-corrected chi connectivity index (χ3v) is 8.85. The highest BCUT2D eigenvalue weighted by atomic mass is 32.1. The molecular weight excluding hydrogens is 520 g/mol. The summed E-state index contributed by atoms with van der Waals surface area (Å²) < 4.78 is 8.87. The molecule has 3 heterocycles. The van der Waals surface area contributed by atoms with Crippen molar-refractivity contribution in [1.82, 2.24) is 19.1 Å². The van der Waals surface area contributed by atoms with Crippen LogP contribution in [0.3, 0.4) is 0 Å². The fraction of sp³-hybridized carbons (Fsp3) is 0.429. The number of nitrogens with one attached hydrogen (secondary N) is 1. The van der Waals surface area contributed by atoms with E-state index in [2.05, 4.69) is 9.97 Å². The second-order valence-corrected chi connectivity index (χ2v) is 11.5. The number of ether oxygens (including phenoxy) is 1. The molecule has 3 aromatic heterocycles. The lowest BCUT2D eigenvalue weighted by Gasteiger charge is -2.31. The molecule has 0 spiro atoms. The van der Waals surface area contributed by atoms with Crippen LogP contribution in [0.2, 0.25) is 0 Å². The SMILES string of the molecule is Cc1c(-c2ncc[nH]2)sc2c1c(=O)n(C(C)(C)C(=O)O)c(=O)n2C[C@H](OC1CCC(O)CC1)c1ccccc1. The number of carbonyl (C=O) groups is 1. The summed E-state index contributed by atoms with van der Waals surface area (Å²) in [4.78, 5) is 48.5. The van der Waals surface area contributed by atoms with Crippen molar-refractivity contribution >= 4 is 27.5 Å². The van der Waals surface area contributed by atoms with Crippen LogP contribution in [-0.4, -0.2) is 47.5 Å². The number of rotatable bonds is 8. The van der Waals surface area contributed by atoms with Crippen LogP contribution in [-0.2, 0) is 21.6 Å². The summed E-state index contributed by atoms with van der Waals surface area (Å²) in [5.41, 5.74) is -1.67. The molecule has 1 fully saturated rings. The fourth-order valence-corrected chi connectivity index (χ4v) is 6.45. The predicted octanol–water partition coefficient (Wildman–Crippen LogP) is 3.80. The van der Waals surface area contributed by atoms with Gasteiger partial charge in [-0.3, -0.25) is 9.36 Å². The van der Waals surface area contributed by atoms with Crippen LogP contribution in [0.4, 0.5) is 0 Å². The Morgan fingerprint density at radius 1 is 1.21 bits per heavy atom. The highest BCUT2D eigenvalue weighted by molar-refractivity contribution is 7.22. The topological polar surface area (TPSA) is 139 Å². The maximum atomic E-state index is 14.0. The van der Waals surface area contributed by atoms with Crippen molar-refractivity contribution in [2.45, 2.75) is 76.9 Å². The number of fused-ring (bicyclic) bond motifs is 1. The normalized spacial score (nSPS) is 18.9. The first-order chi connectivity index (χ1) is 18.6. The number of aliphatic hydroxyl groups excluding tert-OH is 1. The van der Waals surface area contributed by atoms with Crippen molar-refractivity contribution in [1.29, 1.82) is 0 Å². The largest absolute Gasteiger partial charge is 0.480 e. The van der Waals surface area contributed by atoms with E-state index in [9.17, 15) is 24.6 Å². The van der Waals surface area contributed by atoms with Crippen LogP contribution in [0.15, 0.2) is 52.3 Å². The second-order valence-electron chi connectivity index (χ2n) is 10.5. The molecule has 206 valence electrons. The van der Waals surface area contributed by atoms with E-state index in [1.807, 2.05) is 30.3 Å². The number of imidazole rings is 1. The van der Waals surface area contributed by atoms with Crippen molar-refractivity contribution in [3.63, 3.8) is 0 Å². The van der Waals surface area contributed by atoms with Gasteiger partial charge in [-0.1, -0.05) is 30.3 Å². The number of carboxylic acids is 1. The molecule has 0 amide bonds. The average Bonchev–Trinajstić information content (AvgIpc) is 3.55. The number of carboxylic acid groups (broad SMARTS) is 1. The zero-order valence-electron chi connectivity index (χ0n) is 22.1. The quantitative estimate of drug-likeness (QED) is 0.302. The van der Waals surface area contributed by atoms with E-state index in [0.717, 1.165) is 10.1 Å². The molecule has 0 aliphatic heterocycles. The van der Waals surface area contributed by atoms with Gasteiger partial charge in [-0.2, -0.15) is 0 Å². The Morgan fingerprint density at radius 3 is 2.51 bits per heavy atom. The van der Waals surface area contributed by atoms with Crippen LogP contribution >= 0.6 is 11.3 Å². The summed E-state index contributed by atoms with van der Waals surface area (Å²) in [6.07, 6.45) is 4.99. The number of aryl methyl sites for hydroxylation is 1. The molecule has 0 radical (unpaired) electrons.